The van der Waals surface area contributed by atoms with E-state index in [4.69, 9.17) is 10.2 Å². The SMILES string of the molecule is CC(N)C1CCCN(C(=O)Cc2coc(-c3ccc(F)cc3)n2)C1. The second kappa shape index (κ2) is 7.13. The quantitative estimate of drug-likeness (QED) is 0.935. The Balaban J connectivity index is 1.64. The molecule has 1 aliphatic rings. The van der Waals surface area contributed by atoms with E-state index in [0.29, 0.717) is 29.6 Å². The topological polar surface area (TPSA) is 72.4 Å². The van der Waals surface area contributed by atoms with Gasteiger partial charge in [-0.05, 0) is 49.9 Å². The van der Waals surface area contributed by atoms with E-state index in [9.17, 15) is 9.18 Å². The Hall–Kier alpha value is -2.21. The van der Waals surface area contributed by atoms with E-state index < -0.39 is 0 Å². The first-order valence-corrected chi connectivity index (χ1v) is 8.26. The van der Waals surface area contributed by atoms with Gasteiger partial charge in [-0.15, -0.1) is 0 Å². The van der Waals surface area contributed by atoms with Crippen molar-refractivity contribution in [3.8, 4) is 11.5 Å². The normalized spacial score (nSPS) is 19.3. The molecule has 5 nitrogen and oxygen atoms in total. The molecule has 1 aromatic heterocycles. The van der Waals surface area contributed by atoms with Crippen molar-refractivity contribution in [2.75, 3.05) is 13.1 Å². The minimum Gasteiger partial charge on any atom is -0.444 e. The maximum absolute atomic E-state index is 13.0. The van der Waals surface area contributed by atoms with Crippen LogP contribution >= 0.6 is 0 Å². The van der Waals surface area contributed by atoms with E-state index in [-0.39, 0.29) is 24.2 Å². The Morgan fingerprint density at radius 1 is 1.46 bits per heavy atom. The summed E-state index contributed by atoms with van der Waals surface area (Å²) in [5.74, 6) is 0.480. The molecule has 2 atom stereocenters. The predicted octanol–water partition coefficient (Wildman–Crippen LogP) is 2.61. The van der Waals surface area contributed by atoms with Crippen molar-refractivity contribution in [3.63, 3.8) is 0 Å². The van der Waals surface area contributed by atoms with E-state index in [1.54, 1.807) is 12.1 Å². The van der Waals surface area contributed by atoms with Gasteiger partial charge in [-0.1, -0.05) is 0 Å². The summed E-state index contributed by atoms with van der Waals surface area (Å²) in [5.41, 5.74) is 7.24. The number of benzene rings is 1. The number of oxazole rings is 1. The van der Waals surface area contributed by atoms with Crippen LogP contribution in [0.1, 0.15) is 25.5 Å². The van der Waals surface area contributed by atoms with Gasteiger partial charge in [-0.25, -0.2) is 9.37 Å². The molecular weight excluding hydrogens is 309 g/mol. The largest absolute Gasteiger partial charge is 0.444 e. The number of nitrogens with zero attached hydrogens (tertiary/aromatic N) is 2. The fourth-order valence-corrected chi connectivity index (χ4v) is 3.05. The van der Waals surface area contributed by atoms with Crippen LogP contribution in [0, 0.1) is 11.7 Å². The number of carbonyl (C=O) groups is 1. The summed E-state index contributed by atoms with van der Waals surface area (Å²) >= 11 is 0. The average Bonchev–Trinajstić information content (AvgIpc) is 3.04. The van der Waals surface area contributed by atoms with Crippen LogP contribution in [0.2, 0.25) is 0 Å². The van der Waals surface area contributed by atoms with Gasteiger partial charge in [0, 0.05) is 24.7 Å². The molecule has 0 saturated carbocycles. The van der Waals surface area contributed by atoms with Crippen LogP contribution in [0.25, 0.3) is 11.5 Å². The van der Waals surface area contributed by atoms with Gasteiger partial charge < -0.3 is 15.1 Å². The van der Waals surface area contributed by atoms with Crippen molar-refractivity contribution in [1.82, 2.24) is 9.88 Å². The highest BCUT2D eigenvalue weighted by molar-refractivity contribution is 5.78. The summed E-state index contributed by atoms with van der Waals surface area (Å²) in [6.07, 6.45) is 3.75. The van der Waals surface area contributed by atoms with Gasteiger partial charge in [0.1, 0.15) is 12.1 Å². The zero-order valence-corrected chi connectivity index (χ0v) is 13.7. The van der Waals surface area contributed by atoms with Crippen molar-refractivity contribution in [3.05, 3.63) is 42.0 Å². The molecule has 2 N–H and O–H groups in total. The van der Waals surface area contributed by atoms with E-state index in [1.807, 2.05) is 11.8 Å². The molecule has 1 aliphatic heterocycles. The molecule has 128 valence electrons. The maximum atomic E-state index is 13.0. The van der Waals surface area contributed by atoms with Crippen LogP contribution in [0.5, 0.6) is 0 Å². The van der Waals surface area contributed by atoms with E-state index in [0.717, 1.165) is 19.4 Å². The lowest BCUT2D eigenvalue weighted by atomic mass is 9.92. The van der Waals surface area contributed by atoms with Gasteiger partial charge in [0.05, 0.1) is 12.1 Å². The summed E-state index contributed by atoms with van der Waals surface area (Å²) in [6, 6.07) is 6.01. The van der Waals surface area contributed by atoms with Crippen molar-refractivity contribution in [2.45, 2.75) is 32.2 Å². The van der Waals surface area contributed by atoms with E-state index >= 15 is 0 Å². The number of amides is 1. The van der Waals surface area contributed by atoms with Crippen LogP contribution in [-0.2, 0) is 11.2 Å². The van der Waals surface area contributed by atoms with Gasteiger partial charge >= 0.3 is 0 Å². The predicted molar refractivity (Wildman–Crippen MR) is 88.6 cm³/mol. The minimum absolute atomic E-state index is 0.0410. The number of carbonyl (C=O) groups excluding carboxylic acids is 1. The van der Waals surface area contributed by atoms with Crippen LogP contribution < -0.4 is 5.73 Å². The van der Waals surface area contributed by atoms with Crippen molar-refractivity contribution in [1.29, 1.82) is 0 Å². The molecule has 1 amide bonds. The fraction of sp³-hybridized carbons (Fsp3) is 0.444. The van der Waals surface area contributed by atoms with Gasteiger partial charge in [-0.3, -0.25) is 4.79 Å². The van der Waals surface area contributed by atoms with Crippen molar-refractivity contribution < 1.29 is 13.6 Å². The fourth-order valence-electron chi connectivity index (χ4n) is 3.05. The molecule has 1 saturated heterocycles. The zero-order chi connectivity index (χ0) is 17.1. The first kappa shape index (κ1) is 16.6. The third kappa shape index (κ3) is 3.82. The van der Waals surface area contributed by atoms with Crippen LogP contribution in [0.4, 0.5) is 4.39 Å². The Labute approximate surface area is 140 Å². The Bertz CT molecular complexity index is 697. The second-order valence-electron chi connectivity index (χ2n) is 6.43. The molecule has 3 rings (SSSR count). The summed E-state index contributed by atoms with van der Waals surface area (Å²) in [6.45, 7) is 3.47. The molecule has 0 bridgehead atoms. The van der Waals surface area contributed by atoms with Gasteiger partial charge in [0.25, 0.3) is 0 Å². The van der Waals surface area contributed by atoms with Crippen molar-refractivity contribution >= 4 is 5.91 Å². The number of nitrogens with two attached hydrogens (primary N) is 1. The Kier molecular flexibility index (Phi) is 4.94. The molecule has 2 unspecified atom stereocenters. The van der Waals surface area contributed by atoms with Crippen molar-refractivity contribution in [2.24, 2.45) is 11.7 Å². The molecule has 2 aromatic rings. The highest BCUT2D eigenvalue weighted by Gasteiger charge is 2.26. The third-order valence-corrected chi connectivity index (χ3v) is 4.53. The second-order valence-corrected chi connectivity index (χ2v) is 6.43. The Morgan fingerprint density at radius 2 is 2.21 bits per heavy atom. The highest BCUT2D eigenvalue weighted by Crippen LogP contribution is 2.21. The lowest BCUT2D eigenvalue weighted by Gasteiger charge is -2.34. The Morgan fingerprint density at radius 3 is 2.92 bits per heavy atom. The molecule has 2 heterocycles. The molecule has 1 fully saturated rings. The molecule has 6 heteroatoms. The number of hydrogen-bond donors (Lipinski definition) is 1. The minimum atomic E-state index is -0.311. The first-order chi connectivity index (χ1) is 11.5. The summed E-state index contributed by atoms with van der Waals surface area (Å²) in [4.78, 5) is 18.7. The number of aromatic nitrogens is 1. The van der Waals surface area contributed by atoms with Gasteiger partial charge in [-0.2, -0.15) is 0 Å². The lowest BCUT2D eigenvalue weighted by molar-refractivity contribution is -0.132. The van der Waals surface area contributed by atoms with E-state index in [2.05, 4.69) is 4.98 Å². The average molecular weight is 331 g/mol. The van der Waals surface area contributed by atoms with Gasteiger partial charge in [0.2, 0.25) is 11.8 Å². The highest BCUT2D eigenvalue weighted by atomic mass is 19.1. The number of halogens is 1. The molecule has 1 aromatic carbocycles. The maximum Gasteiger partial charge on any atom is 0.228 e. The molecule has 0 aliphatic carbocycles. The molecule has 0 radical (unpaired) electrons. The first-order valence-electron chi connectivity index (χ1n) is 8.26. The van der Waals surface area contributed by atoms with Crippen LogP contribution in [0.3, 0.4) is 0 Å². The van der Waals surface area contributed by atoms with E-state index in [1.165, 1.54) is 18.4 Å². The number of rotatable bonds is 4. The summed E-state index contributed by atoms with van der Waals surface area (Å²) < 4.78 is 18.4. The monoisotopic (exact) mass is 331 g/mol. The van der Waals surface area contributed by atoms with Crippen LogP contribution in [-0.4, -0.2) is 34.9 Å². The molecule has 24 heavy (non-hydrogen) atoms. The summed E-state index contributed by atoms with van der Waals surface area (Å²) in [5, 5.41) is 0. The smallest absolute Gasteiger partial charge is 0.228 e. The number of hydrogen-bond acceptors (Lipinski definition) is 4. The third-order valence-electron chi connectivity index (χ3n) is 4.53. The number of likely N-dealkylation sites (tertiary alicyclic amines) is 1. The lowest BCUT2D eigenvalue weighted by Crippen LogP contribution is -2.45. The zero-order valence-electron chi connectivity index (χ0n) is 13.7. The summed E-state index contributed by atoms with van der Waals surface area (Å²) in [7, 11) is 0. The standard InChI is InChI=1S/C18H22FN3O2/c1-12(20)14-3-2-8-22(10-14)17(23)9-16-11-24-18(21-16)13-4-6-15(19)7-5-13/h4-7,11-12,14H,2-3,8-10,20H2,1H3. The number of piperidine rings is 1. The molecule has 0 spiro atoms. The van der Waals surface area contributed by atoms with Crippen LogP contribution in [0.15, 0.2) is 34.9 Å². The molecular formula is C18H22FN3O2. The van der Waals surface area contributed by atoms with Gasteiger partial charge in [0.15, 0.2) is 0 Å².